The summed E-state index contributed by atoms with van der Waals surface area (Å²) in [4.78, 5) is 14.0. The highest BCUT2D eigenvalue weighted by Crippen LogP contribution is 2.34. The number of amides is 1. The first-order chi connectivity index (χ1) is 13.4. The summed E-state index contributed by atoms with van der Waals surface area (Å²) in [5, 5.41) is 2.78. The van der Waals surface area contributed by atoms with Crippen molar-refractivity contribution in [3.05, 3.63) is 48.0 Å². The van der Waals surface area contributed by atoms with Gasteiger partial charge >= 0.3 is 0 Å². The maximum Gasteiger partial charge on any atom is 0.255 e. The number of carbonyl (C=O) groups excluding carboxylic acids is 1. The molecular weight excluding hydrogens is 382 g/mol. The number of hydrogen-bond donors (Lipinski definition) is 2. The number of carbonyl (C=O) groups is 1. The summed E-state index contributed by atoms with van der Waals surface area (Å²) in [6.45, 7) is 2.74. The number of anilines is 1. The Balaban J connectivity index is 1.46. The molecule has 0 unspecified atom stereocenters. The topological polar surface area (TPSA) is 89.4 Å². The molecule has 1 amide bonds. The molecule has 2 N–H and O–H groups in total. The van der Waals surface area contributed by atoms with Gasteiger partial charge in [-0.3, -0.25) is 4.79 Å². The molecule has 8 nitrogen and oxygen atoms in total. The molecule has 0 saturated carbocycles. The van der Waals surface area contributed by atoms with E-state index in [-0.39, 0.29) is 17.6 Å². The lowest BCUT2D eigenvalue weighted by molar-refractivity contribution is -0.883. The predicted molar refractivity (Wildman–Crippen MR) is 102 cm³/mol. The zero-order chi connectivity index (χ0) is 19.7. The Morgan fingerprint density at radius 1 is 1.04 bits per heavy atom. The van der Waals surface area contributed by atoms with Gasteiger partial charge < -0.3 is 19.7 Å². The number of nitrogens with one attached hydrogen (secondary N) is 2. The fourth-order valence-electron chi connectivity index (χ4n) is 3.21. The summed E-state index contributed by atoms with van der Waals surface area (Å²) < 4.78 is 37.6. The van der Waals surface area contributed by atoms with Gasteiger partial charge in [0.05, 0.1) is 38.1 Å². The van der Waals surface area contributed by atoms with Crippen molar-refractivity contribution in [2.45, 2.75) is 4.90 Å². The van der Waals surface area contributed by atoms with Gasteiger partial charge in [0.1, 0.15) is 0 Å². The third-order valence-electron chi connectivity index (χ3n) is 4.96. The van der Waals surface area contributed by atoms with Gasteiger partial charge in [0, 0.05) is 17.3 Å². The number of rotatable bonds is 4. The van der Waals surface area contributed by atoms with E-state index in [4.69, 9.17) is 9.47 Å². The highest BCUT2D eigenvalue weighted by molar-refractivity contribution is 7.89. The van der Waals surface area contributed by atoms with Crippen molar-refractivity contribution < 1.29 is 27.6 Å². The number of quaternary nitrogens is 1. The first kappa shape index (κ1) is 18.7. The van der Waals surface area contributed by atoms with E-state index >= 15 is 0 Å². The predicted octanol–water partition coefficient (Wildman–Crippen LogP) is 0.187. The van der Waals surface area contributed by atoms with Crippen LogP contribution in [0.4, 0.5) is 5.69 Å². The van der Waals surface area contributed by atoms with Crippen LogP contribution in [-0.4, -0.2) is 58.6 Å². The van der Waals surface area contributed by atoms with Crippen LogP contribution in [0.2, 0.25) is 0 Å². The van der Waals surface area contributed by atoms with E-state index in [1.54, 1.807) is 18.2 Å². The van der Waals surface area contributed by atoms with Crippen LogP contribution in [0.25, 0.3) is 0 Å². The molecule has 0 aromatic heterocycles. The number of benzene rings is 2. The molecule has 148 valence electrons. The monoisotopic (exact) mass is 404 g/mol. The van der Waals surface area contributed by atoms with Crippen LogP contribution in [0.3, 0.4) is 0 Å². The smallest absolute Gasteiger partial charge is 0.255 e. The Kier molecular flexibility index (Phi) is 4.96. The third kappa shape index (κ3) is 3.68. The van der Waals surface area contributed by atoms with Crippen molar-refractivity contribution in [3.8, 4) is 11.5 Å². The van der Waals surface area contributed by atoms with Crippen LogP contribution >= 0.6 is 0 Å². The van der Waals surface area contributed by atoms with E-state index in [0.29, 0.717) is 35.8 Å². The van der Waals surface area contributed by atoms with Gasteiger partial charge in [0.2, 0.25) is 16.8 Å². The summed E-state index contributed by atoms with van der Waals surface area (Å²) in [6.07, 6.45) is 0. The summed E-state index contributed by atoms with van der Waals surface area (Å²) >= 11 is 0. The minimum absolute atomic E-state index is 0.164. The lowest BCUT2D eigenvalue weighted by Gasteiger charge is -2.29. The van der Waals surface area contributed by atoms with Gasteiger partial charge in [-0.2, -0.15) is 4.31 Å². The van der Waals surface area contributed by atoms with Crippen molar-refractivity contribution in [1.29, 1.82) is 0 Å². The Morgan fingerprint density at radius 2 is 1.71 bits per heavy atom. The number of hydrogen-bond acceptors (Lipinski definition) is 5. The molecule has 9 heteroatoms. The molecule has 0 radical (unpaired) electrons. The molecule has 2 aliphatic heterocycles. The van der Waals surface area contributed by atoms with Crippen LogP contribution in [-0.2, 0) is 10.0 Å². The Hall–Kier alpha value is -2.62. The Morgan fingerprint density at radius 3 is 2.43 bits per heavy atom. The van der Waals surface area contributed by atoms with Crippen LogP contribution in [0, 0.1) is 0 Å². The fraction of sp³-hybridized carbons (Fsp3) is 0.316. The number of sulfonamides is 1. The molecule has 0 bridgehead atoms. The first-order valence-corrected chi connectivity index (χ1v) is 10.5. The van der Waals surface area contributed by atoms with Crippen molar-refractivity contribution in [3.63, 3.8) is 0 Å². The van der Waals surface area contributed by atoms with Gasteiger partial charge in [-0.15, -0.1) is 0 Å². The quantitative estimate of drug-likeness (QED) is 0.759. The van der Waals surface area contributed by atoms with Crippen LogP contribution in [0.1, 0.15) is 10.4 Å². The number of piperazine rings is 1. The van der Waals surface area contributed by atoms with Gasteiger partial charge in [-0.05, 0) is 36.4 Å². The van der Waals surface area contributed by atoms with Gasteiger partial charge in [0.15, 0.2) is 11.5 Å². The minimum Gasteiger partial charge on any atom is -0.454 e. The van der Waals surface area contributed by atoms with Gasteiger partial charge in [-0.1, -0.05) is 0 Å². The molecular formula is C19H22N3O5S+. The van der Waals surface area contributed by atoms with E-state index in [2.05, 4.69) is 12.4 Å². The second-order valence-corrected chi connectivity index (χ2v) is 8.85. The van der Waals surface area contributed by atoms with E-state index in [9.17, 15) is 13.2 Å². The van der Waals surface area contributed by atoms with E-state index in [1.807, 2.05) is 0 Å². The van der Waals surface area contributed by atoms with Crippen molar-refractivity contribution in [2.24, 2.45) is 0 Å². The van der Waals surface area contributed by atoms with Crippen LogP contribution in [0.15, 0.2) is 47.4 Å². The van der Waals surface area contributed by atoms with E-state index in [1.165, 1.54) is 33.5 Å². The molecule has 28 heavy (non-hydrogen) atoms. The molecule has 2 aromatic rings. The fourth-order valence-corrected chi connectivity index (χ4v) is 4.65. The molecule has 2 aromatic carbocycles. The minimum atomic E-state index is -3.54. The maximum atomic E-state index is 12.8. The standard InChI is InChI=1S/C19H21N3O5S/c1-21-8-10-22(11-9-21)28(24,25)16-5-2-14(3-6-16)19(23)20-15-4-7-17-18(12-15)27-13-26-17/h2-7,12H,8-11,13H2,1H3,(H,20,23)/p+1. The average Bonchev–Trinajstić information content (AvgIpc) is 3.16. The van der Waals surface area contributed by atoms with Crippen molar-refractivity contribution in [2.75, 3.05) is 45.3 Å². The van der Waals surface area contributed by atoms with E-state index in [0.717, 1.165) is 13.1 Å². The second-order valence-electron chi connectivity index (χ2n) is 6.91. The number of likely N-dealkylation sites (N-methyl/N-ethyl adjacent to an activating group) is 1. The molecule has 0 atom stereocenters. The maximum absolute atomic E-state index is 12.8. The molecule has 0 spiro atoms. The highest BCUT2D eigenvalue weighted by Gasteiger charge is 2.29. The first-order valence-electron chi connectivity index (χ1n) is 9.06. The van der Waals surface area contributed by atoms with E-state index < -0.39 is 10.0 Å². The van der Waals surface area contributed by atoms with Gasteiger partial charge in [0.25, 0.3) is 5.91 Å². The number of nitrogens with zero attached hydrogens (tertiary/aromatic N) is 1. The van der Waals surface area contributed by atoms with Crippen LogP contribution in [0.5, 0.6) is 11.5 Å². The zero-order valence-corrected chi connectivity index (χ0v) is 16.3. The van der Waals surface area contributed by atoms with Crippen LogP contribution < -0.4 is 19.7 Å². The normalized spacial score (nSPS) is 17.5. The molecule has 2 aliphatic rings. The number of fused-ring (bicyclic) bond motifs is 1. The second kappa shape index (κ2) is 7.42. The SMILES string of the molecule is C[NH+]1CCN(S(=O)(=O)c2ccc(C(=O)Nc3ccc4c(c3)OCO4)cc2)CC1. The lowest BCUT2D eigenvalue weighted by Crippen LogP contribution is -3.12. The average molecular weight is 404 g/mol. The molecule has 4 rings (SSSR count). The molecule has 1 fully saturated rings. The molecule has 2 heterocycles. The third-order valence-corrected chi connectivity index (χ3v) is 6.87. The zero-order valence-electron chi connectivity index (χ0n) is 15.5. The Labute approximate surface area is 163 Å². The Bertz CT molecular complexity index is 983. The number of ether oxygens (including phenoxy) is 2. The summed E-state index contributed by atoms with van der Waals surface area (Å²) in [7, 11) is -1.48. The largest absolute Gasteiger partial charge is 0.454 e. The van der Waals surface area contributed by atoms with Crippen molar-refractivity contribution >= 4 is 21.6 Å². The molecule has 0 aliphatic carbocycles. The summed E-state index contributed by atoms with van der Waals surface area (Å²) in [6, 6.07) is 11.1. The van der Waals surface area contributed by atoms with Gasteiger partial charge in [-0.25, -0.2) is 8.42 Å². The summed E-state index contributed by atoms with van der Waals surface area (Å²) in [5.74, 6) is 0.886. The highest BCUT2D eigenvalue weighted by atomic mass is 32.2. The van der Waals surface area contributed by atoms with Crippen molar-refractivity contribution in [1.82, 2.24) is 4.31 Å². The lowest BCUT2D eigenvalue weighted by atomic mass is 10.2. The molecule has 1 saturated heterocycles. The summed E-state index contributed by atoms with van der Waals surface area (Å²) in [5.41, 5.74) is 0.949.